The molecule has 1 aliphatic rings. The molecule has 1 unspecified atom stereocenters. The van der Waals surface area contributed by atoms with Gasteiger partial charge in [0.25, 0.3) is 5.91 Å². The number of hydrogen-bond donors (Lipinski definition) is 0. The molecule has 1 aliphatic heterocycles. The molecule has 8 nitrogen and oxygen atoms in total. The van der Waals surface area contributed by atoms with Crippen LogP contribution in [0.5, 0.6) is 11.5 Å². The van der Waals surface area contributed by atoms with Crippen molar-refractivity contribution < 1.29 is 23.9 Å². The van der Waals surface area contributed by atoms with Crippen LogP contribution in [0.1, 0.15) is 23.4 Å². The highest BCUT2D eigenvalue weighted by molar-refractivity contribution is 7.10. The molecule has 222 valence electrons. The number of nitrogens with zero attached hydrogens (tertiary/aromatic N) is 3. The maximum Gasteiger partial charge on any atom is 0.410 e. The van der Waals surface area contributed by atoms with Crippen molar-refractivity contribution in [2.75, 3.05) is 30.4 Å². The number of hydrogen-bond acceptors (Lipinski definition) is 6. The van der Waals surface area contributed by atoms with Gasteiger partial charge >= 0.3 is 6.09 Å². The van der Waals surface area contributed by atoms with Crippen molar-refractivity contribution in [3.05, 3.63) is 113 Å². The topological polar surface area (TPSA) is 79.4 Å². The van der Waals surface area contributed by atoms with Gasteiger partial charge in [-0.2, -0.15) is 0 Å². The highest BCUT2D eigenvalue weighted by Gasteiger charge is 2.39. The predicted octanol–water partition coefficient (Wildman–Crippen LogP) is 6.72. The number of rotatable bonds is 9. The van der Waals surface area contributed by atoms with Gasteiger partial charge in [-0.15, -0.1) is 22.9 Å². The van der Waals surface area contributed by atoms with Crippen LogP contribution in [0.25, 0.3) is 0 Å². The largest absolute Gasteiger partial charge is 0.457 e. The summed E-state index contributed by atoms with van der Waals surface area (Å²) in [5.41, 5.74) is 1.42. The van der Waals surface area contributed by atoms with Crippen molar-refractivity contribution >= 4 is 46.5 Å². The van der Waals surface area contributed by atoms with E-state index >= 15 is 0 Å². The monoisotopic (exact) mass is 617 g/mol. The molecule has 43 heavy (non-hydrogen) atoms. The maximum atomic E-state index is 14.2. The van der Waals surface area contributed by atoms with E-state index in [1.54, 1.807) is 34.1 Å². The lowest BCUT2D eigenvalue weighted by Crippen LogP contribution is -2.57. The number of halogens is 1. The van der Waals surface area contributed by atoms with Crippen LogP contribution in [-0.4, -0.2) is 59.3 Å². The third-order valence-corrected chi connectivity index (χ3v) is 8.31. The average molecular weight is 618 g/mol. The Balaban J connectivity index is 1.33. The van der Waals surface area contributed by atoms with Crippen LogP contribution in [0.2, 0.25) is 0 Å². The highest BCUT2D eigenvalue weighted by Crippen LogP contribution is 2.34. The van der Waals surface area contributed by atoms with Gasteiger partial charge in [-0.3, -0.25) is 14.5 Å². The summed E-state index contributed by atoms with van der Waals surface area (Å²) in [6, 6.07) is 28.4. The molecule has 0 spiro atoms. The lowest BCUT2D eigenvalue weighted by Gasteiger charge is -2.41. The van der Waals surface area contributed by atoms with E-state index in [1.807, 2.05) is 85.1 Å². The number of thiophene rings is 1. The molecular formula is C33H32ClN3O5S. The van der Waals surface area contributed by atoms with Crippen LogP contribution in [0.15, 0.2) is 102 Å². The van der Waals surface area contributed by atoms with Crippen molar-refractivity contribution in [2.45, 2.75) is 25.6 Å². The van der Waals surface area contributed by atoms with E-state index in [1.165, 1.54) is 16.2 Å². The average Bonchev–Trinajstić information content (AvgIpc) is 3.58. The third kappa shape index (κ3) is 7.36. The number of alkyl halides is 1. The minimum absolute atomic E-state index is 0.177. The minimum Gasteiger partial charge on any atom is -0.457 e. The first-order valence-corrected chi connectivity index (χ1v) is 15.4. The zero-order chi connectivity index (χ0) is 30.2. The summed E-state index contributed by atoms with van der Waals surface area (Å²) >= 11 is 7.48. The smallest absolute Gasteiger partial charge is 0.410 e. The van der Waals surface area contributed by atoms with Crippen molar-refractivity contribution in [3.8, 4) is 11.5 Å². The summed E-state index contributed by atoms with van der Waals surface area (Å²) in [5, 5.41) is 1.87. The van der Waals surface area contributed by atoms with Gasteiger partial charge in [-0.25, -0.2) is 4.79 Å². The lowest BCUT2D eigenvalue weighted by molar-refractivity contribution is -0.136. The summed E-state index contributed by atoms with van der Waals surface area (Å²) in [4.78, 5) is 45.9. The van der Waals surface area contributed by atoms with Gasteiger partial charge in [0.2, 0.25) is 5.91 Å². The van der Waals surface area contributed by atoms with Crippen molar-refractivity contribution in [1.29, 1.82) is 0 Å². The fourth-order valence-corrected chi connectivity index (χ4v) is 5.95. The molecule has 1 fully saturated rings. The molecule has 2 atom stereocenters. The van der Waals surface area contributed by atoms with Gasteiger partial charge in [0, 0.05) is 36.2 Å². The van der Waals surface area contributed by atoms with Gasteiger partial charge in [-0.1, -0.05) is 54.6 Å². The number of carbonyl (C=O) groups is 3. The summed E-state index contributed by atoms with van der Waals surface area (Å²) in [7, 11) is 0. The first-order chi connectivity index (χ1) is 20.9. The van der Waals surface area contributed by atoms with E-state index in [9.17, 15) is 14.4 Å². The van der Waals surface area contributed by atoms with Crippen LogP contribution in [0.4, 0.5) is 10.5 Å². The molecule has 0 radical (unpaired) electrons. The molecule has 0 bridgehead atoms. The lowest BCUT2D eigenvalue weighted by atomic mass is 10.1. The Morgan fingerprint density at radius 2 is 1.58 bits per heavy atom. The molecule has 4 aromatic rings. The van der Waals surface area contributed by atoms with Gasteiger partial charge in [-0.05, 0) is 60.3 Å². The molecule has 0 aliphatic carbocycles. The summed E-state index contributed by atoms with van der Waals surface area (Å²) in [6.45, 7) is 2.98. The van der Waals surface area contributed by atoms with Crippen LogP contribution in [0.3, 0.4) is 0 Å². The first-order valence-electron chi connectivity index (χ1n) is 13.9. The predicted molar refractivity (Wildman–Crippen MR) is 168 cm³/mol. The zero-order valence-electron chi connectivity index (χ0n) is 23.7. The fourth-order valence-electron chi connectivity index (χ4n) is 5.01. The Bertz CT molecular complexity index is 1500. The highest BCUT2D eigenvalue weighted by atomic mass is 35.5. The number of benzene rings is 3. The van der Waals surface area contributed by atoms with Crippen LogP contribution >= 0.6 is 22.9 Å². The molecule has 1 aromatic heterocycles. The second-order valence-electron chi connectivity index (χ2n) is 10.1. The van der Waals surface area contributed by atoms with E-state index in [2.05, 4.69) is 0 Å². The molecule has 3 aromatic carbocycles. The van der Waals surface area contributed by atoms with Crippen LogP contribution < -0.4 is 9.64 Å². The number of para-hydroxylation sites is 1. The van der Waals surface area contributed by atoms with Crippen molar-refractivity contribution in [3.63, 3.8) is 0 Å². The van der Waals surface area contributed by atoms with E-state index < -0.39 is 18.0 Å². The normalized spacial score (nSPS) is 15.4. The number of ether oxygens (including phenoxy) is 2. The molecule has 1 saturated heterocycles. The third-order valence-electron chi connectivity index (χ3n) is 7.16. The van der Waals surface area contributed by atoms with E-state index in [0.29, 0.717) is 41.7 Å². The molecule has 0 N–H and O–H groups in total. The number of carbonyl (C=O) groups excluding carboxylic acids is 3. The summed E-state index contributed by atoms with van der Waals surface area (Å²) < 4.78 is 11.5. The minimum atomic E-state index is -0.920. The van der Waals surface area contributed by atoms with Crippen molar-refractivity contribution in [1.82, 2.24) is 9.80 Å². The van der Waals surface area contributed by atoms with Gasteiger partial charge in [0.15, 0.2) is 0 Å². The zero-order valence-corrected chi connectivity index (χ0v) is 25.2. The van der Waals surface area contributed by atoms with Crippen LogP contribution in [0, 0.1) is 0 Å². The Labute approximate surface area is 260 Å². The van der Waals surface area contributed by atoms with Crippen LogP contribution in [-0.2, 0) is 20.9 Å². The molecule has 5 rings (SSSR count). The molecule has 10 heteroatoms. The van der Waals surface area contributed by atoms with Gasteiger partial charge in [0.1, 0.15) is 30.0 Å². The molecular weight excluding hydrogens is 586 g/mol. The Morgan fingerprint density at radius 1 is 0.907 bits per heavy atom. The first kappa shape index (κ1) is 30.1. The van der Waals surface area contributed by atoms with Crippen molar-refractivity contribution in [2.24, 2.45) is 0 Å². The second kappa shape index (κ2) is 14.2. The fraction of sp³-hybridized carbons (Fsp3) is 0.242. The maximum absolute atomic E-state index is 14.2. The Hall–Kier alpha value is -4.34. The number of anilines is 1. The Kier molecular flexibility index (Phi) is 9.96. The summed E-state index contributed by atoms with van der Waals surface area (Å²) in [5.74, 6) is 0.342. The molecule has 0 saturated carbocycles. The van der Waals surface area contributed by atoms with E-state index in [-0.39, 0.29) is 24.4 Å². The van der Waals surface area contributed by atoms with E-state index in [0.717, 1.165) is 5.56 Å². The second-order valence-corrected chi connectivity index (χ2v) is 11.3. The molecule has 3 amide bonds. The Morgan fingerprint density at radius 3 is 2.21 bits per heavy atom. The van der Waals surface area contributed by atoms with E-state index in [4.69, 9.17) is 21.1 Å². The quantitative estimate of drug-likeness (QED) is 0.195. The standard InChI is InChI=1S/C33H32ClN3O5S/c1-24-22-35(18-19-36(24)33(40)41-23-25-9-4-2-5-10-25)32(39)31(29-13-8-20-43-29)37(30(38)21-34)26-14-16-28(17-15-26)42-27-11-6-3-7-12-27/h2-17,20,24,31H,18-19,21-23H2,1H3/t24-,31?/m1/s1. The molecule has 2 heterocycles. The number of amides is 3. The number of piperazine rings is 1. The summed E-state index contributed by atoms with van der Waals surface area (Å²) in [6.07, 6.45) is -0.421. The SMILES string of the molecule is C[C@@H]1CN(C(=O)C(c2cccs2)N(C(=O)CCl)c2ccc(Oc3ccccc3)cc2)CCN1C(=O)OCc1ccccc1. The van der Waals surface area contributed by atoms with Gasteiger partial charge in [0.05, 0.1) is 0 Å². The van der Waals surface area contributed by atoms with Gasteiger partial charge < -0.3 is 19.3 Å².